The summed E-state index contributed by atoms with van der Waals surface area (Å²) >= 11 is 0. The van der Waals surface area contributed by atoms with E-state index in [4.69, 9.17) is 0 Å². The summed E-state index contributed by atoms with van der Waals surface area (Å²) in [5, 5.41) is 10.7. The van der Waals surface area contributed by atoms with E-state index in [9.17, 15) is 4.79 Å². The van der Waals surface area contributed by atoms with E-state index in [1.165, 1.54) is 5.56 Å². The molecule has 0 aliphatic carbocycles. The molecule has 0 saturated carbocycles. The van der Waals surface area contributed by atoms with Crippen molar-refractivity contribution >= 4 is 11.7 Å². The summed E-state index contributed by atoms with van der Waals surface area (Å²) < 4.78 is 1.86. The van der Waals surface area contributed by atoms with Crippen molar-refractivity contribution in [3.63, 3.8) is 0 Å². The van der Waals surface area contributed by atoms with E-state index in [1.54, 1.807) is 0 Å². The van der Waals surface area contributed by atoms with Gasteiger partial charge in [0.1, 0.15) is 0 Å². The third-order valence-corrected chi connectivity index (χ3v) is 5.25. The van der Waals surface area contributed by atoms with Crippen molar-refractivity contribution in [1.29, 1.82) is 0 Å². The number of hydrogen-bond donors (Lipinski definition) is 2. The number of aryl methyl sites for hydroxylation is 2. The van der Waals surface area contributed by atoms with Gasteiger partial charge in [-0.05, 0) is 44.0 Å². The molecule has 2 amide bonds. The van der Waals surface area contributed by atoms with Crippen LogP contribution in [0.1, 0.15) is 23.4 Å². The SMILES string of the molecule is Cc1cc(C)n(-c2ccccc2NC(=O)N[C@H]2CCN(Cc3ccccc3)C2)n1. The zero-order valence-electron chi connectivity index (χ0n) is 16.9. The topological polar surface area (TPSA) is 62.2 Å². The van der Waals surface area contributed by atoms with Gasteiger partial charge in [-0.15, -0.1) is 0 Å². The predicted octanol–water partition coefficient (Wildman–Crippen LogP) is 3.89. The van der Waals surface area contributed by atoms with Crippen molar-refractivity contribution in [1.82, 2.24) is 20.0 Å². The second kappa shape index (κ2) is 8.49. The average Bonchev–Trinajstić information content (AvgIpc) is 3.28. The number of nitrogens with one attached hydrogen (secondary N) is 2. The molecule has 2 N–H and O–H groups in total. The summed E-state index contributed by atoms with van der Waals surface area (Å²) in [6.45, 7) is 6.75. The highest BCUT2D eigenvalue weighted by Crippen LogP contribution is 2.22. The number of hydrogen-bond acceptors (Lipinski definition) is 3. The Labute approximate surface area is 171 Å². The minimum Gasteiger partial charge on any atom is -0.334 e. The van der Waals surface area contributed by atoms with Gasteiger partial charge < -0.3 is 10.6 Å². The number of aromatic nitrogens is 2. The minimum absolute atomic E-state index is 0.152. The number of likely N-dealkylation sites (tertiary alicyclic amines) is 1. The Morgan fingerprint density at radius 3 is 2.62 bits per heavy atom. The van der Waals surface area contributed by atoms with Crippen LogP contribution in [0.5, 0.6) is 0 Å². The molecule has 1 aliphatic rings. The second-order valence-electron chi connectivity index (χ2n) is 7.66. The smallest absolute Gasteiger partial charge is 0.319 e. The third kappa shape index (κ3) is 4.66. The van der Waals surface area contributed by atoms with Crippen LogP contribution in [0.2, 0.25) is 0 Å². The van der Waals surface area contributed by atoms with Crippen molar-refractivity contribution < 1.29 is 4.79 Å². The van der Waals surface area contributed by atoms with Crippen molar-refractivity contribution in [3.8, 4) is 5.69 Å². The monoisotopic (exact) mass is 389 g/mol. The fourth-order valence-electron chi connectivity index (χ4n) is 3.92. The van der Waals surface area contributed by atoms with E-state index >= 15 is 0 Å². The van der Waals surface area contributed by atoms with Gasteiger partial charge in [-0.3, -0.25) is 4.90 Å². The highest BCUT2D eigenvalue weighted by Gasteiger charge is 2.24. The Kier molecular flexibility index (Phi) is 5.62. The van der Waals surface area contributed by atoms with Crippen molar-refractivity contribution in [2.45, 2.75) is 32.9 Å². The molecule has 0 unspecified atom stereocenters. The Morgan fingerprint density at radius 1 is 1.10 bits per heavy atom. The number of nitrogens with zero attached hydrogens (tertiary/aromatic N) is 3. The van der Waals surface area contributed by atoms with Crippen molar-refractivity contribution in [2.75, 3.05) is 18.4 Å². The molecule has 4 rings (SSSR count). The van der Waals surface area contributed by atoms with Crippen LogP contribution >= 0.6 is 0 Å². The first-order valence-corrected chi connectivity index (χ1v) is 10.0. The number of carbonyl (C=O) groups is 1. The molecular weight excluding hydrogens is 362 g/mol. The van der Waals surface area contributed by atoms with Crippen LogP contribution in [-0.4, -0.2) is 39.8 Å². The van der Waals surface area contributed by atoms with E-state index in [2.05, 4.69) is 44.9 Å². The highest BCUT2D eigenvalue weighted by atomic mass is 16.2. The lowest BCUT2D eigenvalue weighted by Gasteiger charge is -2.18. The molecule has 1 atom stereocenters. The lowest BCUT2D eigenvalue weighted by Crippen LogP contribution is -2.39. The molecule has 29 heavy (non-hydrogen) atoms. The summed E-state index contributed by atoms with van der Waals surface area (Å²) in [5.41, 5.74) is 4.90. The van der Waals surface area contributed by atoms with Gasteiger partial charge in [0.25, 0.3) is 0 Å². The van der Waals surface area contributed by atoms with Gasteiger partial charge in [0.15, 0.2) is 0 Å². The molecule has 1 aromatic heterocycles. The number of carbonyl (C=O) groups excluding carboxylic acids is 1. The van der Waals surface area contributed by atoms with Gasteiger partial charge in [-0.25, -0.2) is 9.48 Å². The van der Waals surface area contributed by atoms with Gasteiger partial charge in [0.05, 0.1) is 17.1 Å². The van der Waals surface area contributed by atoms with E-state index < -0.39 is 0 Å². The molecule has 2 aromatic carbocycles. The molecule has 0 bridgehead atoms. The Morgan fingerprint density at radius 2 is 1.86 bits per heavy atom. The predicted molar refractivity (Wildman–Crippen MR) is 115 cm³/mol. The van der Waals surface area contributed by atoms with Gasteiger partial charge in [-0.2, -0.15) is 5.10 Å². The van der Waals surface area contributed by atoms with Gasteiger partial charge >= 0.3 is 6.03 Å². The maximum atomic E-state index is 12.6. The molecule has 6 heteroatoms. The molecule has 0 spiro atoms. The van der Waals surface area contributed by atoms with Crippen LogP contribution in [0.4, 0.5) is 10.5 Å². The molecule has 3 aromatic rings. The summed E-state index contributed by atoms with van der Waals surface area (Å²) in [6.07, 6.45) is 0.958. The van der Waals surface area contributed by atoms with Crippen LogP contribution in [0, 0.1) is 13.8 Å². The summed E-state index contributed by atoms with van der Waals surface area (Å²) in [5.74, 6) is 0. The van der Waals surface area contributed by atoms with Crippen LogP contribution < -0.4 is 10.6 Å². The Bertz CT molecular complexity index is 982. The number of benzene rings is 2. The lowest BCUT2D eigenvalue weighted by atomic mass is 10.2. The van der Waals surface area contributed by atoms with Crippen molar-refractivity contribution in [3.05, 3.63) is 77.6 Å². The van der Waals surface area contributed by atoms with Gasteiger partial charge in [-0.1, -0.05) is 42.5 Å². The summed E-state index contributed by atoms with van der Waals surface area (Å²) in [6, 6.07) is 20.2. The largest absolute Gasteiger partial charge is 0.334 e. The molecule has 1 aliphatic heterocycles. The summed E-state index contributed by atoms with van der Waals surface area (Å²) in [4.78, 5) is 15.0. The van der Waals surface area contributed by atoms with Gasteiger partial charge in [0, 0.05) is 31.4 Å². The maximum absolute atomic E-state index is 12.6. The van der Waals surface area contributed by atoms with Crippen LogP contribution in [0.3, 0.4) is 0 Å². The van der Waals surface area contributed by atoms with Crippen molar-refractivity contribution in [2.24, 2.45) is 0 Å². The second-order valence-corrected chi connectivity index (χ2v) is 7.66. The first kappa shape index (κ1) is 19.2. The Balaban J connectivity index is 1.37. The summed E-state index contributed by atoms with van der Waals surface area (Å²) in [7, 11) is 0. The fourth-order valence-corrected chi connectivity index (χ4v) is 3.92. The zero-order valence-corrected chi connectivity index (χ0v) is 16.9. The highest BCUT2D eigenvalue weighted by molar-refractivity contribution is 5.91. The number of amides is 2. The third-order valence-electron chi connectivity index (χ3n) is 5.25. The minimum atomic E-state index is -0.175. The lowest BCUT2D eigenvalue weighted by molar-refractivity contribution is 0.247. The first-order valence-electron chi connectivity index (χ1n) is 10.0. The fraction of sp³-hybridized carbons (Fsp3) is 0.304. The van der Waals surface area contributed by atoms with Gasteiger partial charge in [0.2, 0.25) is 0 Å². The van der Waals surface area contributed by atoms with E-state index in [0.29, 0.717) is 0 Å². The normalized spacial score (nSPS) is 16.7. The average molecular weight is 390 g/mol. The van der Waals surface area contributed by atoms with E-state index in [-0.39, 0.29) is 12.1 Å². The zero-order chi connectivity index (χ0) is 20.2. The molecule has 0 radical (unpaired) electrons. The van der Waals surface area contributed by atoms with Crippen LogP contribution in [0.15, 0.2) is 60.7 Å². The number of urea groups is 1. The number of rotatable bonds is 5. The Hall–Kier alpha value is -3.12. The van der Waals surface area contributed by atoms with Crippen LogP contribution in [0.25, 0.3) is 5.69 Å². The van der Waals surface area contributed by atoms with E-state index in [1.807, 2.05) is 54.9 Å². The number of para-hydroxylation sites is 2. The number of anilines is 1. The maximum Gasteiger partial charge on any atom is 0.319 e. The quantitative estimate of drug-likeness (QED) is 0.696. The first-order chi connectivity index (χ1) is 14.1. The van der Waals surface area contributed by atoms with Crippen LogP contribution in [-0.2, 0) is 6.54 Å². The molecule has 2 heterocycles. The molecule has 1 fully saturated rings. The van der Waals surface area contributed by atoms with E-state index in [0.717, 1.165) is 48.8 Å². The standard InChI is InChI=1S/C23H27N5O/c1-17-14-18(2)28(26-17)22-11-7-6-10-21(22)25-23(29)24-20-12-13-27(16-20)15-19-8-4-3-5-9-19/h3-11,14,20H,12-13,15-16H2,1-2H3,(H2,24,25,29)/t20-/m0/s1. The molecule has 6 nitrogen and oxygen atoms in total. The molecule has 1 saturated heterocycles. The molecule has 150 valence electrons. The molecular formula is C23H27N5O.